The average molecular weight is 484 g/mol. The number of nitrogens with two attached hydrogens (primary N) is 1. The largest absolute Gasteiger partial charge is 0.419 e. The first-order chi connectivity index (χ1) is 16.8. The number of halogens is 3. The van der Waals surface area contributed by atoms with Crippen molar-refractivity contribution in [2.45, 2.75) is 32.0 Å². The number of pyridine rings is 3. The molecule has 2 amide bonds. The highest BCUT2D eigenvalue weighted by atomic mass is 19.4. The number of imidazole rings is 1. The molecular weight excluding hydrogens is 461 g/mol. The summed E-state index contributed by atoms with van der Waals surface area (Å²) in [4.78, 5) is 31.2. The van der Waals surface area contributed by atoms with Crippen LogP contribution in [0.5, 0.6) is 0 Å². The van der Waals surface area contributed by atoms with Crippen LogP contribution < -0.4 is 11.1 Å². The van der Waals surface area contributed by atoms with Crippen LogP contribution in [0.1, 0.15) is 31.4 Å². The summed E-state index contributed by atoms with van der Waals surface area (Å²) in [6, 6.07) is 4.31. The lowest BCUT2D eigenvalue weighted by molar-refractivity contribution is -0.137. The maximum absolute atomic E-state index is 13.4. The van der Waals surface area contributed by atoms with Gasteiger partial charge in [0.1, 0.15) is 16.9 Å². The molecule has 0 bridgehead atoms. The lowest BCUT2D eigenvalue weighted by Crippen LogP contribution is -2.44. The first-order valence-electron chi connectivity index (χ1n) is 11.2. The first-order valence-corrected chi connectivity index (χ1v) is 11.2. The highest BCUT2D eigenvalue weighted by Gasteiger charge is 2.34. The molecule has 5 rings (SSSR count). The van der Waals surface area contributed by atoms with Gasteiger partial charge in [-0.1, -0.05) is 0 Å². The third kappa shape index (κ3) is 4.19. The summed E-state index contributed by atoms with van der Waals surface area (Å²) in [6.45, 7) is 3.67. The number of fused-ring (bicyclic) bond motifs is 3. The number of amides is 2. The van der Waals surface area contributed by atoms with Gasteiger partial charge in [0.25, 0.3) is 0 Å². The van der Waals surface area contributed by atoms with Crippen molar-refractivity contribution in [3.63, 3.8) is 0 Å². The second kappa shape index (κ2) is 8.67. The molecule has 0 aromatic carbocycles. The number of carbonyl (C=O) groups is 1. The summed E-state index contributed by atoms with van der Waals surface area (Å²) >= 11 is 0. The van der Waals surface area contributed by atoms with Crippen molar-refractivity contribution in [1.29, 1.82) is 0 Å². The van der Waals surface area contributed by atoms with Crippen molar-refractivity contribution in [2.75, 3.05) is 25.4 Å². The predicted molar refractivity (Wildman–Crippen MR) is 124 cm³/mol. The second-order valence-electron chi connectivity index (χ2n) is 8.42. The lowest BCUT2D eigenvalue weighted by atomic mass is 10.0. The zero-order valence-electron chi connectivity index (χ0n) is 18.9. The molecule has 1 fully saturated rings. The molecule has 9 nitrogen and oxygen atoms in total. The van der Waals surface area contributed by atoms with Crippen molar-refractivity contribution in [3.05, 3.63) is 42.5 Å². The molecule has 0 unspecified atom stereocenters. The van der Waals surface area contributed by atoms with Gasteiger partial charge < -0.3 is 20.5 Å². The molecule has 0 aliphatic carbocycles. The van der Waals surface area contributed by atoms with Crippen LogP contribution in [0.25, 0.3) is 33.3 Å². The molecule has 3 N–H and O–H groups in total. The van der Waals surface area contributed by atoms with E-state index in [9.17, 15) is 18.0 Å². The third-order valence-electron chi connectivity index (χ3n) is 6.24. The normalized spacial score (nSPS) is 15.1. The van der Waals surface area contributed by atoms with Crippen molar-refractivity contribution < 1.29 is 18.0 Å². The van der Waals surface area contributed by atoms with E-state index in [0.717, 1.165) is 24.4 Å². The molecule has 1 aliphatic rings. The lowest BCUT2D eigenvalue weighted by Gasteiger charge is -2.32. The van der Waals surface area contributed by atoms with Crippen molar-refractivity contribution >= 4 is 33.9 Å². The minimum absolute atomic E-state index is 0.0715. The summed E-state index contributed by atoms with van der Waals surface area (Å²) in [5, 5.41) is 2.82. The van der Waals surface area contributed by atoms with Crippen LogP contribution in [0.3, 0.4) is 0 Å². The Morgan fingerprint density at radius 1 is 1.14 bits per heavy atom. The highest BCUT2D eigenvalue weighted by Crippen LogP contribution is 2.36. The topological polar surface area (TPSA) is 115 Å². The van der Waals surface area contributed by atoms with Crippen LogP contribution in [0.4, 0.5) is 23.8 Å². The second-order valence-corrected chi connectivity index (χ2v) is 8.42. The zero-order chi connectivity index (χ0) is 24.7. The molecule has 5 heterocycles. The number of hydrogen-bond acceptors (Lipinski definition) is 6. The molecule has 0 atom stereocenters. The predicted octanol–water partition coefficient (Wildman–Crippen LogP) is 4.01. The Morgan fingerprint density at radius 3 is 2.63 bits per heavy atom. The number of anilines is 1. The van der Waals surface area contributed by atoms with Gasteiger partial charge in [0, 0.05) is 37.4 Å². The molecule has 1 saturated heterocycles. The minimum atomic E-state index is -4.62. The standard InChI is InChI=1S/C23H23F3N8O/c1-2-28-22(35)33-7-5-14(6-8-33)34-12-31-18-11-29-17-4-3-16(32-19(17)20(18)34)13-9-15(23(24,25)26)21(27)30-10-13/h3-4,9-12,14H,2,5-8H2,1H3,(H2,27,30)(H,28,35). The van der Waals surface area contributed by atoms with Gasteiger partial charge in [-0.3, -0.25) is 4.98 Å². The molecule has 1 aliphatic heterocycles. The van der Waals surface area contributed by atoms with Gasteiger partial charge in [-0.05, 0) is 38.0 Å². The number of aromatic nitrogens is 5. The smallest absolute Gasteiger partial charge is 0.383 e. The van der Waals surface area contributed by atoms with Gasteiger partial charge in [0.2, 0.25) is 0 Å². The van der Waals surface area contributed by atoms with Gasteiger partial charge in [-0.2, -0.15) is 13.2 Å². The van der Waals surface area contributed by atoms with Crippen LogP contribution in [0.15, 0.2) is 36.9 Å². The number of hydrogen-bond donors (Lipinski definition) is 2. The Labute approximate surface area is 198 Å². The van der Waals surface area contributed by atoms with Gasteiger partial charge >= 0.3 is 12.2 Å². The Kier molecular flexibility index (Phi) is 5.65. The van der Waals surface area contributed by atoms with Crippen LogP contribution in [-0.4, -0.2) is 55.1 Å². The first kappa shape index (κ1) is 22.8. The maximum atomic E-state index is 13.4. The monoisotopic (exact) mass is 484 g/mol. The number of rotatable bonds is 3. The fourth-order valence-electron chi connectivity index (χ4n) is 4.46. The van der Waals surface area contributed by atoms with Crippen molar-refractivity contribution in [3.8, 4) is 11.3 Å². The Hall–Kier alpha value is -3.96. The number of nitrogens with one attached hydrogen (secondary N) is 1. The number of carbonyl (C=O) groups excluding carboxylic acids is 1. The van der Waals surface area contributed by atoms with Crippen LogP contribution in [0, 0.1) is 0 Å². The highest BCUT2D eigenvalue weighted by molar-refractivity contribution is 6.00. The van der Waals surface area contributed by atoms with Crippen molar-refractivity contribution in [2.24, 2.45) is 0 Å². The number of urea groups is 1. The van der Waals surface area contributed by atoms with E-state index < -0.39 is 17.6 Å². The molecular formula is C23H23F3N8O. The summed E-state index contributed by atoms with van der Waals surface area (Å²) in [6.07, 6.45) is 1.53. The van der Waals surface area contributed by atoms with E-state index in [-0.39, 0.29) is 17.6 Å². The molecule has 0 radical (unpaired) electrons. The summed E-state index contributed by atoms with van der Waals surface area (Å²) < 4.78 is 42.1. The molecule has 12 heteroatoms. The van der Waals surface area contributed by atoms with Crippen LogP contribution in [0.2, 0.25) is 0 Å². The van der Waals surface area contributed by atoms with E-state index in [1.807, 2.05) is 11.5 Å². The quantitative estimate of drug-likeness (QED) is 0.454. The number of nitrogens with zero attached hydrogens (tertiary/aromatic N) is 6. The third-order valence-corrected chi connectivity index (χ3v) is 6.24. The summed E-state index contributed by atoms with van der Waals surface area (Å²) in [5.74, 6) is -0.580. The van der Waals surface area contributed by atoms with E-state index in [0.29, 0.717) is 41.9 Å². The Bertz CT molecular complexity index is 1410. The molecule has 182 valence electrons. The molecule has 4 aromatic heterocycles. The number of piperidine rings is 1. The number of alkyl halides is 3. The zero-order valence-corrected chi connectivity index (χ0v) is 18.9. The van der Waals surface area contributed by atoms with Gasteiger partial charge in [-0.15, -0.1) is 0 Å². The Morgan fingerprint density at radius 2 is 1.91 bits per heavy atom. The molecule has 4 aromatic rings. The fraction of sp³-hybridized carbons (Fsp3) is 0.348. The SMILES string of the molecule is CCNC(=O)N1CCC(n2cnc3cnc4ccc(-c5cnc(N)c(C(F)(F)F)c5)nc4c32)CC1. The Balaban J connectivity index is 1.54. The number of likely N-dealkylation sites (tertiary alicyclic amines) is 1. The van der Waals surface area contributed by atoms with Crippen molar-refractivity contribution in [1.82, 2.24) is 34.7 Å². The molecule has 0 saturated carbocycles. The summed E-state index contributed by atoms with van der Waals surface area (Å²) in [5.41, 5.74) is 7.50. The molecule has 0 spiro atoms. The maximum Gasteiger partial charge on any atom is 0.419 e. The van der Waals surface area contributed by atoms with Gasteiger partial charge in [0.05, 0.1) is 34.8 Å². The molecule has 35 heavy (non-hydrogen) atoms. The number of nitrogen functional groups attached to an aromatic ring is 1. The van der Waals surface area contributed by atoms with E-state index >= 15 is 0 Å². The van der Waals surface area contributed by atoms with E-state index in [4.69, 9.17) is 5.73 Å². The van der Waals surface area contributed by atoms with E-state index in [1.54, 1.807) is 29.6 Å². The van der Waals surface area contributed by atoms with Crippen LogP contribution >= 0.6 is 0 Å². The van der Waals surface area contributed by atoms with Gasteiger partial charge in [0.15, 0.2) is 0 Å². The van der Waals surface area contributed by atoms with E-state index in [2.05, 4.69) is 25.3 Å². The summed E-state index contributed by atoms with van der Waals surface area (Å²) in [7, 11) is 0. The fourth-order valence-corrected chi connectivity index (χ4v) is 4.46. The van der Waals surface area contributed by atoms with Crippen LogP contribution in [-0.2, 0) is 6.18 Å². The average Bonchev–Trinajstić information content (AvgIpc) is 3.28. The van der Waals surface area contributed by atoms with Gasteiger partial charge in [-0.25, -0.2) is 19.7 Å². The van der Waals surface area contributed by atoms with E-state index in [1.165, 1.54) is 6.20 Å². The minimum Gasteiger partial charge on any atom is -0.383 e.